The molecule has 7 heteroatoms. The Balaban J connectivity index is 1.64. The third kappa shape index (κ3) is 4.16. The lowest BCUT2D eigenvalue weighted by atomic mass is 10.1. The second-order valence-corrected chi connectivity index (χ2v) is 7.06. The molecule has 158 valence electrons. The molecular weight excluding hydrogens is 398 g/mol. The summed E-state index contributed by atoms with van der Waals surface area (Å²) in [6.45, 7) is 3.48. The van der Waals surface area contributed by atoms with Crippen molar-refractivity contribution in [2.75, 3.05) is 19.0 Å². The van der Waals surface area contributed by atoms with Gasteiger partial charge in [-0.15, -0.1) is 0 Å². The molecule has 0 radical (unpaired) electrons. The van der Waals surface area contributed by atoms with Crippen LogP contribution in [0.4, 0.5) is 5.69 Å². The van der Waals surface area contributed by atoms with E-state index in [0.717, 1.165) is 11.1 Å². The molecule has 2 aromatic carbocycles. The second kappa shape index (κ2) is 8.39. The summed E-state index contributed by atoms with van der Waals surface area (Å²) >= 11 is 0. The first-order valence-electron chi connectivity index (χ1n) is 9.65. The van der Waals surface area contributed by atoms with E-state index < -0.39 is 5.91 Å². The maximum atomic E-state index is 13.2. The molecule has 0 aliphatic carbocycles. The van der Waals surface area contributed by atoms with Gasteiger partial charge in [-0.2, -0.15) is 0 Å². The first-order chi connectivity index (χ1) is 15.0. The second-order valence-electron chi connectivity index (χ2n) is 7.06. The van der Waals surface area contributed by atoms with Crippen LogP contribution in [0.15, 0.2) is 68.4 Å². The third-order valence-electron chi connectivity index (χ3n) is 4.93. The number of amides is 1. The molecule has 31 heavy (non-hydrogen) atoms. The largest absolute Gasteiger partial charge is 0.497 e. The number of carbonyl (C=O) groups is 1. The van der Waals surface area contributed by atoms with Crippen molar-refractivity contribution in [3.05, 3.63) is 76.1 Å². The van der Waals surface area contributed by atoms with Gasteiger partial charge in [0.15, 0.2) is 12.4 Å². The van der Waals surface area contributed by atoms with Crippen LogP contribution in [-0.2, 0) is 4.79 Å². The standard InChI is InChI=1S/C24H21NO6/c1-14-11-18-20(12-15(14)2)31-23(19-5-4-10-29-19)24(22(18)27)30-13-21(26)25-16-6-8-17(28-3)9-7-16/h4-12H,13H2,1-3H3,(H,25,26). The smallest absolute Gasteiger partial charge is 0.262 e. The maximum Gasteiger partial charge on any atom is 0.262 e. The van der Waals surface area contributed by atoms with Crippen LogP contribution in [0.1, 0.15) is 11.1 Å². The fraction of sp³-hybridized carbons (Fsp3) is 0.167. The maximum absolute atomic E-state index is 13.2. The minimum Gasteiger partial charge on any atom is -0.497 e. The number of furan rings is 1. The van der Waals surface area contributed by atoms with E-state index in [0.29, 0.717) is 28.2 Å². The number of methoxy groups -OCH3 is 1. The van der Waals surface area contributed by atoms with Crippen molar-refractivity contribution in [2.45, 2.75) is 13.8 Å². The number of rotatable bonds is 6. The topological polar surface area (TPSA) is 90.9 Å². The van der Waals surface area contributed by atoms with Gasteiger partial charge in [0.25, 0.3) is 5.91 Å². The summed E-state index contributed by atoms with van der Waals surface area (Å²) in [7, 11) is 1.57. The normalized spacial score (nSPS) is 10.8. The summed E-state index contributed by atoms with van der Waals surface area (Å²) in [6, 6.07) is 13.8. The highest BCUT2D eigenvalue weighted by molar-refractivity contribution is 5.92. The van der Waals surface area contributed by atoms with Gasteiger partial charge < -0.3 is 23.6 Å². The number of ether oxygens (including phenoxy) is 2. The summed E-state index contributed by atoms with van der Waals surface area (Å²) in [6.07, 6.45) is 1.47. The van der Waals surface area contributed by atoms with Crippen LogP contribution >= 0.6 is 0 Å². The number of anilines is 1. The molecule has 4 aromatic rings. The quantitative estimate of drug-likeness (QED) is 0.487. The number of hydrogen-bond acceptors (Lipinski definition) is 6. The molecule has 4 rings (SSSR count). The monoisotopic (exact) mass is 419 g/mol. The van der Waals surface area contributed by atoms with Crippen molar-refractivity contribution in [3.63, 3.8) is 0 Å². The average molecular weight is 419 g/mol. The van der Waals surface area contributed by atoms with Crippen molar-refractivity contribution in [2.24, 2.45) is 0 Å². The van der Waals surface area contributed by atoms with E-state index >= 15 is 0 Å². The molecule has 2 heterocycles. The zero-order chi connectivity index (χ0) is 22.0. The Kier molecular flexibility index (Phi) is 5.49. The fourth-order valence-electron chi connectivity index (χ4n) is 3.14. The van der Waals surface area contributed by atoms with Gasteiger partial charge in [0.1, 0.15) is 11.3 Å². The van der Waals surface area contributed by atoms with Crippen LogP contribution in [0.3, 0.4) is 0 Å². The fourth-order valence-corrected chi connectivity index (χ4v) is 3.14. The molecule has 0 saturated heterocycles. The van der Waals surface area contributed by atoms with Crippen LogP contribution in [0.5, 0.6) is 11.5 Å². The Morgan fingerprint density at radius 2 is 1.81 bits per heavy atom. The van der Waals surface area contributed by atoms with E-state index in [1.165, 1.54) is 6.26 Å². The number of aryl methyl sites for hydroxylation is 2. The molecule has 1 amide bonds. The van der Waals surface area contributed by atoms with Crippen molar-refractivity contribution in [1.29, 1.82) is 0 Å². The number of carbonyl (C=O) groups excluding carboxylic acids is 1. The summed E-state index contributed by atoms with van der Waals surface area (Å²) in [5.74, 6) is 0.660. The van der Waals surface area contributed by atoms with Gasteiger partial charge in [-0.3, -0.25) is 9.59 Å². The molecule has 0 unspecified atom stereocenters. The zero-order valence-electron chi connectivity index (χ0n) is 17.4. The van der Waals surface area contributed by atoms with Crippen molar-refractivity contribution < 1.29 is 23.1 Å². The van der Waals surface area contributed by atoms with Gasteiger partial charge in [0.05, 0.1) is 18.8 Å². The Hall–Kier alpha value is -4.00. The molecular formula is C24H21NO6. The molecule has 0 spiro atoms. The van der Waals surface area contributed by atoms with E-state index in [4.69, 9.17) is 18.3 Å². The summed E-state index contributed by atoms with van der Waals surface area (Å²) in [4.78, 5) is 25.6. The Morgan fingerprint density at radius 1 is 1.06 bits per heavy atom. The van der Waals surface area contributed by atoms with E-state index in [2.05, 4.69) is 5.32 Å². The lowest BCUT2D eigenvalue weighted by molar-refractivity contribution is -0.118. The number of fused-ring (bicyclic) bond motifs is 1. The van der Waals surface area contributed by atoms with Crippen molar-refractivity contribution in [1.82, 2.24) is 0 Å². The molecule has 0 aliphatic heterocycles. The van der Waals surface area contributed by atoms with Gasteiger partial charge in [0, 0.05) is 5.69 Å². The van der Waals surface area contributed by atoms with Gasteiger partial charge >= 0.3 is 0 Å². The van der Waals surface area contributed by atoms with Crippen molar-refractivity contribution >= 4 is 22.6 Å². The molecule has 2 aromatic heterocycles. The lowest BCUT2D eigenvalue weighted by Crippen LogP contribution is -2.22. The molecule has 0 atom stereocenters. The molecule has 0 aliphatic rings. The van der Waals surface area contributed by atoms with E-state index in [-0.39, 0.29) is 23.5 Å². The SMILES string of the molecule is COc1ccc(NC(=O)COc2c(-c3ccco3)oc3cc(C)c(C)cc3c2=O)cc1. The Morgan fingerprint density at radius 3 is 2.48 bits per heavy atom. The number of hydrogen-bond donors (Lipinski definition) is 1. The summed E-state index contributed by atoms with van der Waals surface area (Å²) in [5.41, 5.74) is 2.59. The van der Waals surface area contributed by atoms with Crippen LogP contribution in [0.25, 0.3) is 22.5 Å². The van der Waals surface area contributed by atoms with Crippen molar-refractivity contribution in [3.8, 4) is 23.0 Å². The summed E-state index contributed by atoms with van der Waals surface area (Å²) in [5, 5.41) is 3.09. The van der Waals surface area contributed by atoms with Crippen LogP contribution in [0, 0.1) is 13.8 Å². The zero-order valence-corrected chi connectivity index (χ0v) is 17.4. The van der Waals surface area contributed by atoms with Gasteiger partial charge in [0.2, 0.25) is 16.9 Å². The van der Waals surface area contributed by atoms with Gasteiger partial charge in [-0.25, -0.2) is 0 Å². The lowest BCUT2D eigenvalue weighted by Gasteiger charge is -2.12. The van der Waals surface area contributed by atoms with E-state index in [1.807, 2.05) is 13.8 Å². The van der Waals surface area contributed by atoms with Crippen LogP contribution < -0.4 is 20.2 Å². The first kappa shape index (κ1) is 20.3. The number of nitrogens with one attached hydrogen (secondary N) is 1. The number of benzene rings is 2. The highest BCUT2D eigenvalue weighted by atomic mass is 16.5. The highest BCUT2D eigenvalue weighted by Gasteiger charge is 2.21. The minimum atomic E-state index is -0.421. The predicted molar refractivity (Wildman–Crippen MR) is 117 cm³/mol. The first-order valence-corrected chi connectivity index (χ1v) is 9.65. The van der Waals surface area contributed by atoms with E-state index in [1.54, 1.807) is 55.6 Å². The van der Waals surface area contributed by atoms with Crippen LogP contribution in [0.2, 0.25) is 0 Å². The van der Waals surface area contributed by atoms with Gasteiger partial charge in [-0.05, 0) is 73.5 Å². The predicted octanol–water partition coefficient (Wildman–Crippen LogP) is 4.70. The molecule has 0 saturated carbocycles. The van der Waals surface area contributed by atoms with Crippen LogP contribution in [-0.4, -0.2) is 19.6 Å². The minimum absolute atomic E-state index is 0.0735. The molecule has 7 nitrogen and oxygen atoms in total. The van der Waals surface area contributed by atoms with Gasteiger partial charge in [-0.1, -0.05) is 0 Å². The third-order valence-corrected chi connectivity index (χ3v) is 4.93. The average Bonchev–Trinajstić information content (AvgIpc) is 3.30. The van der Waals surface area contributed by atoms with E-state index in [9.17, 15) is 9.59 Å². The molecule has 0 fully saturated rings. The Bertz CT molecular complexity index is 1290. The highest BCUT2D eigenvalue weighted by Crippen LogP contribution is 2.32. The summed E-state index contributed by atoms with van der Waals surface area (Å²) < 4.78 is 22.1. The molecule has 1 N–H and O–H groups in total. The molecule has 0 bridgehead atoms. The Labute approximate surface area is 178 Å².